The molecule has 114 valence electrons. The van der Waals surface area contributed by atoms with Gasteiger partial charge in [0.1, 0.15) is 17.2 Å². The molecule has 1 saturated heterocycles. The number of nitrogens with zero attached hydrogens (tertiary/aromatic N) is 3. The van der Waals surface area contributed by atoms with Crippen LogP contribution in [0.3, 0.4) is 0 Å². The second-order valence-corrected chi connectivity index (χ2v) is 5.65. The molecule has 0 aliphatic carbocycles. The number of carbonyl (C=O) groups is 1. The van der Waals surface area contributed by atoms with E-state index in [0.29, 0.717) is 23.8 Å². The molecular formula is C16H17ClN4O. The Labute approximate surface area is 134 Å². The van der Waals surface area contributed by atoms with E-state index in [1.54, 1.807) is 6.20 Å². The number of hydrogen-bond donors (Lipinski definition) is 1. The van der Waals surface area contributed by atoms with E-state index in [9.17, 15) is 4.79 Å². The Morgan fingerprint density at radius 1 is 1.23 bits per heavy atom. The Morgan fingerprint density at radius 3 is 2.77 bits per heavy atom. The van der Waals surface area contributed by atoms with Crippen molar-refractivity contribution in [1.29, 1.82) is 0 Å². The molecule has 1 aliphatic rings. The van der Waals surface area contributed by atoms with Crippen molar-refractivity contribution in [3.8, 4) is 0 Å². The molecule has 0 saturated carbocycles. The third kappa shape index (κ3) is 3.36. The second-order valence-electron chi connectivity index (χ2n) is 5.24. The number of amides is 1. The van der Waals surface area contributed by atoms with Gasteiger partial charge in [0.05, 0.1) is 6.20 Å². The first kappa shape index (κ1) is 14.8. The molecular weight excluding hydrogens is 300 g/mol. The van der Waals surface area contributed by atoms with Crippen molar-refractivity contribution in [2.75, 3.05) is 16.8 Å². The Balaban J connectivity index is 1.64. The Bertz CT molecular complexity index is 659. The summed E-state index contributed by atoms with van der Waals surface area (Å²) in [7, 11) is 0. The van der Waals surface area contributed by atoms with Gasteiger partial charge in [0.25, 0.3) is 0 Å². The van der Waals surface area contributed by atoms with Gasteiger partial charge in [-0.05, 0) is 30.5 Å². The molecule has 1 aromatic heterocycles. The summed E-state index contributed by atoms with van der Waals surface area (Å²) in [6.07, 6.45) is 5.73. The van der Waals surface area contributed by atoms with Crippen LogP contribution in [0.4, 0.5) is 11.5 Å². The van der Waals surface area contributed by atoms with Crippen LogP contribution >= 0.6 is 11.6 Å². The molecule has 2 heterocycles. The maximum absolute atomic E-state index is 11.9. The van der Waals surface area contributed by atoms with E-state index < -0.39 is 0 Å². The highest BCUT2D eigenvalue weighted by Crippen LogP contribution is 2.22. The molecule has 1 N–H and O–H groups in total. The SMILES string of the molecule is O=C1CCCCN1c1ccc(CNc2ncncc2Cl)cc1. The Morgan fingerprint density at radius 2 is 2.05 bits per heavy atom. The largest absolute Gasteiger partial charge is 0.365 e. The predicted molar refractivity (Wildman–Crippen MR) is 87.0 cm³/mol. The van der Waals surface area contributed by atoms with Gasteiger partial charge in [-0.2, -0.15) is 0 Å². The summed E-state index contributed by atoms with van der Waals surface area (Å²) in [6.45, 7) is 1.43. The van der Waals surface area contributed by atoms with E-state index in [1.807, 2.05) is 29.2 Å². The van der Waals surface area contributed by atoms with E-state index in [1.165, 1.54) is 6.33 Å². The summed E-state index contributed by atoms with van der Waals surface area (Å²) in [4.78, 5) is 21.7. The van der Waals surface area contributed by atoms with E-state index in [-0.39, 0.29) is 5.91 Å². The maximum atomic E-state index is 11.9. The molecule has 1 aliphatic heterocycles. The van der Waals surface area contributed by atoms with Crippen molar-refractivity contribution in [2.45, 2.75) is 25.8 Å². The van der Waals surface area contributed by atoms with Crippen molar-refractivity contribution in [3.05, 3.63) is 47.4 Å². The minimum atomic E-state index is 0.213. The number of rotatable bonds is 4. The summed E-state index contributed by atoms with van der Waals surface area (Å²) in [6, 6.07) is 8.00. The first-order valence-electron chi connectivity index (χ1n) is 7.33. The van der Waals surface area contributed by atoms with Crippen LogP contribution in [0, 0.1) is 0 Å². The number of carbonyl (C=O) groups excluding carboxylic acids is 1. The quantitative estimate of drug-likeness (QED) is 0.940. The third-order valence-corrected chi connectivity index (χ3v) is 3.98. The zero-order chi connectivity index (χ0) is 15.4. The minimum absolute atomic E-state index is 0.213. The van der Waals surface area contributed by atoms with Gasteiger partial charge >= 0.3 is 0 Å². The van der Waals surface area contributed by atoms with Crippen molar-refractivity contribution in [2.24, 2.45) is 0 Å². The minimum Gasteiger partial charge on any atom is -0.365 e. The van der Waals surface area contributed by atoms with Gasteiger partial charge in [-0.15, -0.1) is 0 Å². The summed E-state index contributed by atoms with van der Waals surface area (Å²) >= 11 is 6.00. The fraction of sp³-hybridized carbons (Fsp3) is 0.312. The van der Waals surface area contributed by atoms with Crippen molar-refractivity contribution in [1.82, 2.24) is 9.97 Å². The van der Waals surface area contributed by atoms with Crippen molar-refractivity contribution in [3.63, 3.8) is 0 Å². The summed E-state index contributed by atoms with van der Waals surface area (Å²) < 4.78 is 0. The molecule has 3 rings (SSSR count). The van der Waals surface area contributed by atoms with Crippen molar-refractivity contribution >= 4 is 29.0 Å². The Hall–Kier alpha value is -2.14. The zero-order valence-electron chi connectivity index (χ0n) is 12.1. The lowest BCUT2D eigenvalue weighted by Crippen LogP contribution is -2.35. The van der Waals surface area contributed by atoms with E-state index >= 15 is 0 Å². The maximum Gasteiger partial charge on any atom is 0.226 e. The molecule has 0 spiro atoms. The van der Waals surface area contributed by atoms with Crippen LogP contribution in [0.15, 0.2) is 36.8 Å². The average molecular weight is 317 g/mol. The molecule has 0 atom stereocenters. The lowest BCUT2D eigenvalue weighted by molar-refractivity contribution is -0.119. The first-order chi connectivity index (χ1) is 10.7. The summed E-state index contributed by atoms with van der Waals surface area (Å²) in [5.41, 5.74) is 2.07. The van der Waals surface area contributed by atoms with Gasteiger partial charge < -0.3 is 10.2 Å². The monoisotopic (exact) mass is 316 g/mol. The number of hydrogen-bond acceptors (Lipinski definition) is 4. The molecule has 0 radical (unpaired) electrons. The number of nitrogens with one attached hydrogen (secondary N) is 1. The van der Waals surface area contributed by atoms with Gasteiger partial charge in [0.15, 0.2) is 0 Å². The van der Waals surface area contributed by atoms with Crippen LogP contribution in [-0.4, -0.2) is 22.4 Å². The summed E-state index contributed by atoms with van der Waals surface area (Å²) in [5.74, 6) is 0.830. The fourth-order valence-corrected chi connectivity index (χ4v) is 2.67. The van der Waals surface area contributed by atoms with E-state index in [2.05, 4.69) is 15.3 Å². The standard InChI is InChI=1S/C16H17ClN4O/c17-14-10-18-11-20-16(14)19-9-12-4-6-13(7-5-12)21-8-2-1-3-15(21)22/h4-7,10-11H,1-3,8-9H2,(H,18,19,20). The number of piperidine rings is 1. The summed E-state index contributed by atoms with van der Waals surface area (Å²) in [5, 5.41) is 3.67. The molecule has 5 nitrogen and oxygen atoms in total. The number of anilines is 2. The predicted octanol–water partition coefficient (Wildman–Crippen LogP) is 3.26. The molecule has 1 aromatic carbocycles. The van der Waals surface area contributed by atoms with Gasteiger partial charge in [-0.25, -0.2) is 9.97 Å². The lowest BCUT2D eigenvalue weighted by atomic mass is 10.1. The first-order valence-corrected chi connectivity index (χ1v) is 7.70. The van der Waals surface area contributed by atoms with Crippen LogP contribution in [0.1, 0.15) is 24.8 Å². The molecule has 2 aromatic rings. The second kappa shape index (κ2) is 6.75. The topological polar surface area (TPSA) is 58.1 Å². The highest BCUT2D eigenvalue weighted by atomic mass is 35.5. The van der Waals surface area contributed by atoms with Crippen molar-refractivity contribution < 1.29 is 4.79 Å². The third-order valence-electron chi connectivity index (χ3n) is 3.70. The van der Waals surface area contributed by atoms with E-state index in [0.717, 1.165) is 30.6 Å². The van der Waals surface area contributed by atoms with E-state index in [4.69, 9.17) is 11.6 Å². The highest BCUT2D eigenvalue weighted by molar-refractivity contribution is 6.32. The Kier molecular flexibility index (Phi) is 4.53. The number of benzene rings is 1. The molecule has 1 amide bonds. The van der Waals surface area contributed by atoms with Crippen LogP contribution in [0.2, 0.25) is 5.02 Å². The fourth-order valence-electron chi connectivity index (χ4n) is 2.50. The van der Waals surface area contributed by atoms with Gasteiger partial charge in [-0.1, -0.05) is 23.7 Å². The van der Waals surface area contributed by atoms with Gasteiger partial charge in [0, 0.05) is 25.2 Å². The molecule has 6 heteroatoms. The number of aromatic nitrogens is 2. The molecule has 1 fully saturated rings. The highest BCUT2D eigenvalue weighted by Gasteiger charge is 2.19. The normalized spacial score (nSPS) is 15.0. The average Bonchev–Trinajstić information content (AvgIpc) is 2.55. The molecule has 22 heavy (non-hydrogen) atoms. The molecule has 0 bridgehead atoms. The van der Waals surface area contributed by atoms with Crippen LogP contribution in [0.5, 0.6) is 0 Å². The zero-order valence-corrected chi connectivity index (χ0v) is 12.9. The van der Waals surface area contributed by atoms with Crippen LogP contribution in [0.25, 0.3) is 0 Å². The van der Waals surface area contributed by atoms with Gasteiger partial charge in [-0.3, -0.25) is 4.79 Å². The number of halogens is 1. The van der Waals surface area contributed by atoms with Crippen LogP contribution < -0.4 is 10.2 Å². The lowest BCUT2D eigenvalue weighted by Gasteiger charge is -2.26. The molecule has 0 unspecified atom stereocenters. The smallest absolute Gasteiger partial charge is 0.226 e. The van der Waals surface area contributed by atoms with Gasteiger partial charge in [0.2, 0.25) is 5.91 Å². The van der Waals surface area contributed by atoms with Crippen LogP contribution in [-0.2, 0) is 11.3 Å².